The molecule has 2 atom stereocenters. The van der Waals surface area contributed by atoms with Gasteiger partial charge in [0, 0.05) is 29.3 Å². The van der Waals surface area contributed by atoms with Gasteiger partial charge in [0.2, 0.25) is 0 Å². The molecule has 2 aromatic heterocycles. The summed E-state index contributed by atoms with van der Waals surface area (Å²) in [4.78, 5) is 38.6. The molecule has 4 aromatic carbocycles. The van der Waals surface area contributed by atoms with Crippen LogP contribution in [0.4, 0.5) is 0 Å². The number of hydrogen-bond acceptors (Lipinski definition) is 5. The van der Waals surface area contributed by atoms with Crippen LogP contribution >= 0.6 is 0 Å². The number of aromatic amines is 2. The van der Waals surface area contributed by atoms with Gasteiger partial charge >= 0.3 is 5.97 Å². The van der Waals surface area contributed by atoms with Crippen LogP contribution in [0.25, 0.3) is 11.1 Å². The minimum atomic E-state index is -0.976. The van der Waals surface area contributed by atoms with Gasteiger partial charge < -0.3 is 25.9 Å². The summed E-state index contributed by atoms with van der Waals surface area (Å²) in [5, 5.41) is 20.6. The van der Waals surface area contributed by atoms with Crippen LogP contribution in [0.3, 0.4) is 0 Å². The third kappa shape index (κ3) is 6.28. The second-order valence-electron chi connectivity index (χ2n) is 11.0. The topological polar surface area (TPSA) is 158 Å². The van der Waals surface area contributed by atoms with Crippen LogP contribution in [0.1, 0.15) is 91.2 Å². The number of aromatic nitrogens is 4. The summed E-state index contributed by atoms with van der Waals surface area (Å²) in [5.41, 5.74) is 15.0. The van der Waals surface area contributed by atoms with Gasteiger partial charge in [-0.25, -0.2) is 14.8 Å². The average molecular weight is 628 g/mol. The monoisotopic (exact) mass is 627 g/mol. The van der Waals surface area contributed by atoms with Crippen molar-refractivity contribution in [1.29, 1.82) is 0 Å². The fourth-order valence-corrected chi connectivity index (χ4v) is 6.21. The van der Waals surface area contributed by atoms with Crippen LogP contribution in [-0.4, -0.2) is 42.0 Å². The maximum absolute atomic E-state index is 12.1. The molecule has 0 radical (unpaired) electrons. The minimum Gasteiger partial charge on any atom is -0.507 e. The van der Waals surface area contributed by atoms with Crippen LogP contribution in [0.2, 0.25) is 0 Å². The SMILES string of the molecule is CC.Cc1c(-c2cccc(C(c3cnc[nH]3)c3cccc(C(N)=O)c3O)c2C)cccc1C(c1ccc(C(=O)O)cc1)c1cnc[nH]1. The Morgan fingerprint density at radius 3 is 1.68 bits per heavy atom. The van der Waals surface area contributed by atoms with Gasteiger partial charge in [-0.3, -0.25) is 4.79 Å². The molecule has 2 heterocycles. The summed E-state index contributed by atoms with van der Waals surface area (Å²) in [5.74, 6) is -2.52. The minimum absolute atomic E-state index is 0.0515. The first-order valence-corrected chi connectivity index (χ1v) is 15.4. The highest BCUT2D eigenvalue weighted by Gasteiger charge is 2.27. The Labute approximate surface area is 273 Å². The molecule has 0 aliphatic carbocycles. The Kier molecular flexibility index (Phi) is 9.66. The van der Waals surface area contributed by atoms with Crippen molar-refractivity contribution in [3.8, 4) is 16.9 Å². The number of benzene rings is 4. The van der Waals surface area contributed by atoms with Gasteiger partial charge in [-0.05, 0) is 71.0 Å². The number of nitrogens with two attached hydrogens (primary N) is 1. The Balaban J connectivity index is 0.00000213. The number of rotatable bonds is 9. The van der Waals surface area contributed by atoms with Crippen molar-refractivity contribution in [2.24, 2.45) is 5.73 Å². The summed E-state index contributed by atoms with van der Waals surface area (Å²) in [6.07, 6.45) is 6.72. The Morgan fingerprint density at radius 2 is 1.19 bits per heavy atom. The molecule has 2 unspecified atom stereocenters. The number of amides is 1. The van der Waals surface area contributed by atoms with Crippen LogP contribution in [0.5, 0.6) is 5.75 Å². The summed E-state index contributed by atoms with van der Waals surface area (Å²) in [6.45, 7) is 8.13. The van der Waals surface area contributed by atoms with Crippen LogP contribution in [0.15, 0.2) is 104 Å². The average Bonchev–Trinajstić information content (AvgIpc) is 3.81. The number of carboxylic acids is 1. The van der Waals surface area contributed by atoms with Crippen LogP contribution in [-0.2, 0) is 0 Å². The third-order valence-corrected chi connectivity index (χ3v) is 8.46. The first kappa shape index (κ1) is 32.4. The molecular weight excluding hydrogens is 590 g/mol. The fourth-order valence-electron chi connectivity index (χ4n) is 6.21. The summed E-state index contributed by atoms with van der Waals surface area (Å²) < 4.78 is 0. The molecule has 0 aliphatic rings. The molecule has 47 heavy (non-hydrogen) atoms. The predicted molar refractivity (Wildman–Crippen MR) is 182 cm³/mol. The normalized spacial score (nSPS) is 12.1. The maximum Gasteiger partial charge on any atom is 0.335 e. The molecule has 238 valence electrons. The highest BCUT2D eigenvalue weighted by atomic mass is 16.4. The molecule has 9 heteroatoms. The number of H-pyrrole nitrogens is 2. The highest BCUT2D eigenvalue weighted by Crippen LogP contribution is 2.42. The molecule has 6 N–H and O–H groups in total. The van der Waals surface area contributed by atoms with E-state index in [4.69, 9.17) is 5.73 Å². The Hall–Kier alpha value is -5.96. The van der Waals surface area contributed by atoms with Crippen molar-refractivity contribution in [1.82, 2.24) is 19.9 Å². The number of nitrogens with one attached hydrogen (secondary N) is 2. The lowest BCUT2D eigenvalue weighted by Crippen LogP contribution is -2.13. The first-order valence-electron chi connectivity index (χ1n) is 15.4. The molecule has 0 saturated carbocycles. The van der Waals surface area contributed by atoms with Crippen molar-refractivity contribution in [2.75, 3.05) is 0 Å². The zero-order chi connectivity index (χ0) is 33.7. The molecule has 0 spiro atoms. The van der Waals surface area contributed by atoms with E-state index >= 15 is 0 Å². The molecule has 6 aromatic rings. The summed E-state index contributed by atoms with van der Waals surface area (Å²) in [6, 6.07) is 24.2. The number of primary amides is 1. The van der Waals surface area contributed by atoms with Crippen LogP contribution in [0, 0.1) is 13.8 Å². The zero-order valence-electron chi connectivity index (χ0n) is 26.7. The van der Waals surface area contributed by atoms with Crippen molar-refractivity contribution < 1.29 is 19.8 Å². The number of aromatic hydroxyl groups is 1. The number of para-hydroxylation sites is 1. The number of carboxylic acid groups (broad SMARTS) is 1. The summed E-state index contributed by atoms with van der Waals surface area (Å²) >= 11 is 0. The van der Waals surface area contributed by atoms with E-state index in [1.165, 1.54) is 6.07 Å². The molecule has 0 fully saturated rings. The Morgan fingerprint density at radius 1 is 0.702 bits per heavy atom. The van der Waals surface area contributed by atoms with Gasteiger partial charge in [0.25, 0.3) is 5.91 Å². The van der Waals surface area contributed by atoms with Gasteiger partial charge in [0.05, 0.1) is 35.6 Å². The number of aromatic carboxylic acids is 1. The molecule has 1 amide bonds. The van der Waals surface area contributed by atoms with E-state index in [-0.39, 0.29) is 22.8 Å². The van der Waals surface area contributed by atoms with E-state index < -0.39 is 17.8 Å². The third-order valence-electron chi connectivity index (χ3n) is 8.46. The lowest BCUT2D eigenvalue weighted by molar-refractivity contribution is 0.0696. The smallest absolute Gasteiger partial charge is 0.335 e. The standard InChI is InChI=1S/C36H31N5O4.C2H6/c1-20-24(6-3-8-26(20)32(30-16-38-18-40-30)22-12-14-23(15-13-22)36(44)45)25-7-4-9-27(21(25)2)33(31-17-39-19-41-31)28-10-5-11-29(34(28)42)35(37)43;1-2/h3-19,32-33,42H,1-2H3,(H2,37,43)(H,38,40)(H,39,41)(H,44,45);1-2H3. The number of nitrogens with zero attached hydrogens (tertiary/aromatic N) is 2. The predicted octanol–water partition coefficient (Wildman–Crippen LogP) is 7.31. The fraction of sp³-hybridized carbons (Fsp3) is 0.158. The van der Waals surface area contributed by atoms with Crippen molar-refractivity contribution in [3.63, 3.8) is 0 Å². The van der Waals surface area contributed by atoms with E-state index in [1.54, 1.807) is 49.3 Å². The molecule has 0 aliphatic heterocycles. The first-order chi connectivity index (χ1) is 22.8. The van der Waals surface area contributed by atoms with Gasteiger partial charge in [0.1, 0.15) is 5.75 Å². The lowest BCUT2D eigenvalue weighted by atomic mass is 9.80. The van der Waals surface area contributed by atoms with E-state index in [2.05, 4.69) is 45.1 Å². The Bertz CT molecular complexity index is 2000. The van der Waals surface area contributed by atoms with Gasteiger partial charge in [-0.2, -0.15) is 0 Å². The largest absolute Gasteiger partial charge is 0.507 e. The second-order valence-corrected chi connectivity index (χ2v) is 11.0. The number of hydrogen-bond donors (Lipinski definition) is 5. The molecule has 0 saturated heterocycles. The second kappa shape index (κ2) is 14.0. The van der Waals surface area contributed by atoms with Gasteiger partial charge in [-0.1, -0.05) is 74.5 Å². The van der Waals surface area contributed by atoms with Crippen molar-refractivity contribution in [3.05, 3.63) is 160 Å². The van der Waals surface area contributed by atoms with E-state index in [9.17, 15) is 19.8 Å². The molecule has 0 bridgehead atoms. The summed E-state index contributed by atoms with van der Waals surface area (Å²) in [7, 11) is 0. The number of carbonyl (C=O) groups is 2. The molecule has 6 rings (SSSR count). The highest BCUT2D eigenvalue weighted by molar-refractivity contribution is 5.96. The maximum atomic E-state index is 12.1. The number of carbonyl (C=O) groups excluding carboxylic acids is 1. The number of imidazole rings is 2. The quantitative estimate of drug-likeness (QED) is 0.113. The van der Waals surface area contributed by atoms with Gasteiger partial charge in [0.15, 0.2) is 0 Å². The zero-order valence-corrected chi connectivity index (χ0v) is 26.7. The molecular formula is C38H37N5O4. The van der Waals surface area contributed by atoms with E-state index in [0.29, 0.717) is 5.56 Å². The molecule has 9 nitrogen and oxygen atoms in total. The van der Waals surface area contributed by atoms with E-state index in [0.717, 1.165) is 50.3 Å². The number of phenols is 1. The van der Waals surface area contributed by atoms with E-state index in [1.807, 2.05) is 51.1 Å². The van der Waals surface area contributed by atoms with Gasteiger partial charge in [-0.15, -0.1) is 0 Å². The van der Waals surface area contributed by atoms with Crippen molar-refractivity contribution in [2.45, 2.75) is 39.5 Å². The van der Waals surface area contributed by atoms with Crippen LogP contribution < -0.4 is 5.73 Å². The lowest BCUT2D eigenvalue weighted by Gasteiger charge is -2.24. The van der Waals surface area contributed by atoms with Crippen molar-refractivity contribution >= 4 is 11.9 Å².